The van der Waals surface area contributed by atoms with Gasteiger partial charge in [-0.2, -0.15) is 9.61 Å². The number of hydrogen-bond acceptors (Lipinski definition) is 6. The fraction of sp³-hybridized carbons (Fsp3) is 0.158. The van der Waals surface area contributed by atoms with E-state index in [1.54, 1.807) is 29.0 Å². The molecule has 1 N–H and O–H groups in total. The molecule has 0 bridgehead atoms. The Kier molecular flexibility index (Phi) is 5.23. The third kappa shape index (κ3) is 4.13. The third-order valence-corrected chi connectivity index (χ3v) is 5.46. The van der Waals surface area contributed by atoms with Gasteiger partial charge in [-0.25, -0.2) is 0 Å². The molecule has 2 aromatic carbocycles. The number of halogens is 1. The molecule has 0 spiro atoms. The monoisotopic (exact) mass is 413 g/mol. The molecular weight excluding hydrogens is 398 g/mol. The van der Waals surface area contributed by atoms with Crippen molar-refractivity contribution in [3.63, 3.8) is 0 Å². The minimum absolute atomic E-state index is 0.0495. The van der Waals surface area contributed by atoms with Crippen molar-refractivity contribution in [2.75, 3.05) is 6.61 Å². The first-order chi connectivity index (χ1) is 13.6. The zero-order valence-electron chi connectivity index (χ0n) is 14.9. The van der Waals surface area contributed by atoms with Crippen LogP contribution in [0.3, 0.4) is 0 Å². The number of ether oxygens (including phenoxy) is 1. The molecule has 0 radical (unpaired) electrons. The maximum atomic E-state index is 12.0. The molecule has 4 aromatic rings. The first kappa shape index (κ1) is 18.4. The summed E-state index contributed by atoms with van der Waals surface area (Å²) in [6, 6.07) is 13.2. The minimum atomic E-state index is -0.190. The molecule has 0 atom stereocenters. The molecule has 0 saturated carbocycles. The highest BCUT2D eigenvalue weighted by Crippen LogP contribution is 2.25. The van der Waals surface area contributed by atoms with Crippen LogP contribution in [0.1, 0.15) is 11.1 Å². The van der Waals surface area contributed by atoms with Crippen LogP contribution in [-0.4, -0.2) is 32.3 Å². The Morgan fingerprint density at radius 1 is 1.25 bits per heavy atom. The molecular formula is C19H16ClN5O2S. The fourth-order valence-corrected chi connectivity index (χ4v) is 3.49. The zero-order valence-corrected chi connectivity index (χ0v) is 16.5. The molecule has 0 unspecified atom stereocenters. The highest BCUT2D eigenvalue weighted by atomic mass is 35.5. The lowest BCUT2D eigenvalue weighted by atomic mass is 10.1. The Morgan fingerprint density at radius 3 is 2.82 bits per heavy atom. The van der Waals surface area contributed by atoms with Gasteiger partial charge in [-0.3, -0.25) is 4.79 Å². The van der Waals surface area contributed by atoms with Gasteiger partial charge in [0.1, 0.15) is 17.1 Å². The number of nitrogens with zero attached hydrogens (tertiary/aromatic N) is 4. The summed E-state index contributed by atoms with van der Waals surface area (Å²) in [4.78, 5) is 12.8. The number of hydrogen-bond donors (Lipinski definition) is 1. The number of aromatic nitrogens is 4. The Hall–Kier alpha value is -2.97. The first-order valence-electron chi connectivity index (χ1n) is 8.50. The molecule has 4 rings (SSSR count). The van der Waals surface area contributed by atoms with Crippen LogP contribution in [0.25, 0.3) is 15.5 Å². The van der Waals surface area contributed by atoms with Crippen molar-refractivity contribution >= 4 is 33.8 Å². The summed E-state index contributed by atoms with van der Waals surface area (Å²) in [5.41, 5.74) is 2.89. The summed E-state index contributed by atoms with van der Waals surface area (Å²) in [5.74, 6) is 0.428. The highest BCUT2D eigenvalue weighted by molar-refractivity contribution is 7.19. The van der Waals surface area contributed by atoms with Crippen LogP contribution >= 0.6 is 22.9 Å². The molecule has 2 aromatic heterocycles. The Morgan fingerprint density at radius 2 is 2.07 bits per heavy atom. The van der Waals surface area contributed by atoms with Gasteiger partial charge >= 0.3 is 0 Å². The second kappa shape index (κ2) is 7.95. The third-order valence-electron chi connectivity index (χ3n) is 4.08. The molecule has 142 valence electrons. The van der Waals surface area contributed by atoms with E-state index in [1.807, 2.05) is 31.2 Å². The summed E-state index contributed by atoms with van der Waals surface area (Å²) in [5, 5.41) is 16.6. The van der Waals surface area contributed by atoms with Crippen LogP contribution in [0.4, 0.5) is 0 Å². The van der Waals surface area contributed by atoms with Gasteiger partial charge in [0.2, 0.25) is 4.96 Å². The normalized spacial score (nSPS) is 10.9. The van der Waals surface area contributed by atoms with Gasteiger partial charge in [0.05, 0.1) is 0 Å². The second-order valence-electron chi connectivity index (χ2n) is 6.14. The van der Waals surface area contributed by atoms with Gasteiger partial charge in [-0.1, -0.05) is 47.2 Å². The number of rotatable bonds is 6. The van der Waals surface area contributed by atoms with Crippen molar-refractivity contribution in [2.45, 2.75) is 13.5 Å². The predicted octanol–water partition coefficient (Wildman–Crippen LogP) is 3.51. The summed E-state index contributed by atoms with van der Waals surface area (Å²) < 4.78 is 7.15. The van der Waals surface area contributed by atoms with Gasteiger partial charge in [0.15, 0.2) is 6.61 Å². The standard InChI is InChI=1S/C19H16ClN5O2S/c1-12-8-15(6-7-16(12)20)27-10-17(26)21-9-13-2-4-14(5-3-13)18-24-25-11-22-23-19(25)28-18/h2-8,11H,9-10H2,1H3,(H,21,26). The second-order valence-corrected chi connectivity index (χ2v) is 7.50. The van der Waals surface area contributed by atoms with Crippen LogP contribution < -0.4 is 10.1 Å². The number of amides is 1. The van der Waals surface area contributed by atoms with Crippen LogP contribution in [-0.2, 0) is 11.3 Å². The molecule has 0 aliphatic carbocycles. The molecule has 0 aliphatic heterocycles. The molecule has 0 fully saturated rings. The molecule has 0 aliphatic rings. The van der Waals surface area contributed by atoms with Gasteiger partial charge in [0.25, 0.3) is 5.91 Å². The van der Waals surface area contributed by atoms with Crippen molar-refractivity contribution in [1.82, 2.24) is 25.1 Å². The molecule has 1 amide bonds. The summed E-state index contributed by atoms with van der Waals surface area (Å²) in [7, 11) is 0. The van der Waals surface area contributed by atoms with Gasteiger partial charge in [-0.15, -0.1) is 10.2 Å². The van der Waals surface area contributed by atoms with E-state index in [4.69, 9.17) is 16.3 Å². The van der Waals surface area contributed by atoms with E-state index in [0.29, 0.717) is 17.3 Å². The van der Waals surface area contributed by atoms with Gasteiger partial charge < -0.3 is 10.1 Å². The predicted molar refractivity (Wildman–Crippen MR) is 108 cm³/mol. The molecule has 9 heteroatoms. The van der Waals surface area contributed by atoms with Crippen molar-refractivity contribution in [1.29, 1.82) is 0 Å². The van der Waals surface area contributed by atoms with Crippen molar-refractivity contribution in [3.05, 3.63) is 64.9 Å². The fourth-order valence-electron chi connectivity index (χ4n) is 2.55. The molecule has 0 saturated heterocycles. The Labute approximate surface area is 169 Å². The maximum absolute atomic E-state index is 12.0. The van der Waals surface area contributed by atoms with Crippen LogP contribution in [0.5, 0.6) is 5.75 Å². The van der Waals surface area contributed by atoms with Crippen molar-refractivity contribution in [2.24, 2.45) is 0 Å². The van der Waals surface area contributed by atoms with E-state index in [2.05, 4.69) is 20.6 Å². The van der Waals surface area contributed by atoms with Crippen LogP contribution in [0, 0.1) is 6.92 Å². The summed E-state index contributed by atoms with van der Waals surface area (Å²) in [6.45, 7) is 2.26. The van der Waals surface area contributed by atoms with Crippen molar-refractivity contribution in [3.8, 4) is 16.3 Å². The van der Waals surface area contributed by atoms with Gasteiger partial charge in [0, 0.05) is 17.1 Å². The van der Waals surface area contributed by atoms with Gasteiger partial charge in [-0.05, 0) is 36.2 Å². The Bertz CT molecular complexity index is 1090. The topological polar surface area (TPSA) is 81.4 Å². The average molecular weight is 414 g/mol. The number of aryl methyl sites for hydroxylation is 1. The maximum Gasteiger partial charge on any atom is 0.258 e. The summed E-state index contributed by atoms with van der Waals surface area (Å²) >= 11 is 7.45. The van der Waals surface area contributed by atoms with E-state index in [0.717, 1.165) is 26.7 Å². The molecule has 7 nitrogen and oxygen atoms in total. The quantitative estimate of drug-likeness (QED) is 0.523. The lowest BCUT2D eigenvalue weighted by Gasteiger charge is -2.09. The number of benzene rings is 2. The number of carbonyl (C=O) groups is 1. The molecule has 2 heterocycles. The van der Waals surface area contributed by atoms with E-state index in [1.165, 1.54) is 11.3 Å². The SMILES string of the molecule is Cc1cc(OCC(=O)NCc2ccc(-c3nn4cnnc4s3)cc2)ccc1Cl. The highest BCUT2D eigenvalue weighted by Gasteiger charge is 2.08. The van der Waals surface area contributed by atoms with E-state index in [-0.39, 0.29) is 12.5 Å². The largest absolute Gasteiger partial charge is 0.484 e. The lowest BCUT2D eigenvalue weighted by Crippen LogP contribution is -2.28. The van der Waals surface area contributed by atoms with E-state index < -0.39 is 0 Å². The first-order valence-corrected chi connectivity index (χ1v) is 9.70. The number of carbonyl (C=O) groups excluding carboxylic acids is 1. The van der Waals surface area contributed by atoms with E-state index >= 15 is 0 Å². The summed E-state index contributed by atoms with van der Waals surface area (Å²) in [6.07, 6.45) is 1.58. The number of fused-ring (bicyclic) bond motifs is 1. The smallest absolute Gasteiger partial charge is 0.258 e. The Balaban J connectivity index is 1.30. The van der Waals surface area contributed by atoms with Crippen LogP contribution in [0.15, 0.2) is 48.8 Å². The minimum Gasteiger partial charge on any atom is -0.484 e. The zero-order chi connectivity index (χ0) is 19.5. The van der Waals surface area contributed by atoms with E-state index in [9.17, 15) is 4.79 Å². The lowest BCUT2D eigenvalue weighted by molar-refractivity contribution is -0.123. The van der Waals surface area contributed by atoms with Crippen molar-refractivity contribution < 1.29 is 9.53 Å². The number of nitrogens with one attached hydrogen (secondary N) is 1. The van der Waals surface area contributed by atoms with Crippen LogP contribution in [0.2, 0.25) is 5.02 Å². The average Bonchev–Trinajstić information content (AvgIpc) is 3.30. The molecule has 28 heavy (non-hydrogen) atoms.